The monoisotopic (exact) mass is 206 g/mol. The molecular weight excluding hydrogens is 196 g/mol. The number of carbonyl (C=O) groups is 3. The van der Waals surface area contributed by atoms with Gasteiger partial charge in [0.25, 0.3) is 0 Å². The summed E-state index contributed by atoms with van der Waals surface area (Å²) in [7, 11) is 0. The fourth-order valence-electron chi connectivity index (χ4n) is 0.604. The highest BCUT2D eigenvalue weighted by molar-refractivity contribution is 5.85. The van der Waals surface area contributed by atoms with Gasteiger partial charge in [0, 0.05) is 0 Å². The number of carbonyl (C=O) groups excluding carboxylic acids is 1. The first-order valence-electron chi connectivity index (χ1n) is 3.52. The smallest absolute Gasteiger partial charge is 0.333 e. The molecule has 0 saturated heterocycles. The predicted molar refractivity (Wildman–Crippen MR) is 41.8 cm³/mol. The zero-order valence-electron chi connectivity index (χ0n) is 7.08. The lowest BCUT2D eigenvalue weighted by Crippen LogP contribution is -2.43. The minimum atomic E-state index is -1.87. The van der Waals surface area contributed by atoms with Crippen LogP contribution < -0.4 is 5.84 Å². The van der Waals surface area contributed by atoms with E-state index >= 15 is 0 Å². The van der Waals surface area contributed by atoms with E-state index in [0.717, 1.165) is 0 Å². The Balaban J connectivity index is 4.07. The fourth-order valence-corrected chi connectivity index (χ4v) is 0.604. The van der Waals surface area contributed by atoms with Crippen molar-refractivity contribution in [2.24, 2.45) is 5.84 Å². The van der Waals surface area contributed by atoms with E-state index < -0.39 is 36.9 Å². The van der Waals surface area contributed by atoms with E-state index in [4.69, 9.17) is 21.2 Å². The van der Waals surface area contributed by atoms with Crippen LogP contribution >= 0.6 is 0 Å². The van der Waals surface area contributed by atoms with Gasteiger partial charge in [-0.1, -0.05) is 0 Å². The van der Waals surface area contributed by atoms with E-state index in [1.807, 2.05) is 0 Å². The van der Waals surface area contributed by atoms with Gasteiger partial charge in [0.05, 0.1) is 6.42 Å². The van der Waals surface area contributed by atoms with Crippen LogP contribution in [0, 0.1) is 0 Å². The highest BCUT2D eigenvalue weighted by atomic mass is 16.4. The van der Waals surface area contributed by atoms with E-state index in [0.29, 0.717) is 5.01 Å². The SMILES string of the molecule is NN(CC(=O)O)C(=O)C[C@H](O)C(=O)O. The number of hydrogen-bond acceptors (Lipinski definition) is 5. The third kappa shape index (κ3) is 4.38. The summed E-state index contributed by atoms with van der Waals surface area (Å²) in [6.45, 7) is -0.745. The highest BCUT2D eigenvalue weighted by Crippen LogP contribution is 1.95. The highest BCUT2D eigenvalue weighted by Gasteiger charge is 2.21. The number of nitrogens with two attached hydrogens (primary N) is 1. The topological polar surface area (TPSA) is 141 Å². The molecule has 0 aromatic carbocycles. The van der Waals surface area contributed by atoms with Gasteiger partial charge in [0.1, 0.15) is 6.54 Å². The second-order valence-corrected chi connectivity index (χ2v) is 2.47. The number of aliphatic hydroxyl groups excluding tert-OH is 1. The largest absolute Gasteiger partial charge is 0.480 e. The molecule has 0 aromatic rings. The summed E-state index contributed by atoms with van der Waals surface area (Å²) in [5.41, 5.74) is 0. The van der Waals surface area contributed by atoms with Gasteiger partial charge in [-0.3, -0.25) is 14.6 Å². The summed E-state index contributed by atoms with van der Waals surface area (Å²) in [6.07, 6.45) is -2.62. The molecule has 0 radical (unpaired) electrons. The van der Waals surface area contributed by atoms with Crippen molar-refractivity contribution < 1.29 is 29.7 Å². The molecule has 0 bridgehead atoms. The molecular formula is C6H10N2O6. The molecule has 0 aliphatic rings. The van der Waals surface area contributed by atoms with Gasteiger partial charge < -0.3 is 15.3 Å². The molecule has 0 heterocycles. The molecule has 0 aromatic heterocycles. The third-order valence-corrected chi connectivity index (χ3v) is 1.28. The maximum atomic E-state index is 10.9. The first-order chi connectivity index (χ1) is 6.34. The van der Waals surface area contributed by atoms with Gasteiger partial charge in [-0.15, -0.1) is 0 Å². The first-order valence-corrected chi connectivity index (χ1v) is 3.52. The number of amides is 1. The standard InChI is InChI=1S/C6H10N2O6/c7-8(2-5(11)12)4(10)1-3(9)6(13)14/h3,9H,1-2,7H2,(H,11,12)(H,13,14)/t3-/m0/s1. The molecule has 1 atom stereocenters. The van der Waals surface area contributed by atoms with Crippen molar-refractivity contribution in [3.05, 3.63) is 0 Å². The second-order valence-electron chi connectivity index (χ2n) is 2.47. The van der Waals surface area contributed by atoms with Crippen LogP contribution in [0.4, 0.5) is 0 Å². The van der Waals surface area contributed by atoms with Gasteiger partial charge in [0.2, 0.25) is 5.91 Å². The Morgan fingerprint density at radius 3 is 2.14 bits per heavy atom. The van der Waals surface area contributed by atoms with Crippen LogP contribution in [-0.2, 0) is 14.4 Å². The van der Waals surface area contributed by atoms with Gasteiger partial charge in [-0.2, -0.15) is 0 Å². The molecule has 0 spiro atoms. The zero-order chi connectivity index (χ0) is 11.3. The molecule has 0 aliphatic carbocycles. The Morgan fingerprint density at radius 2 is 1.79 bits per heavy atom. The molecule has 0 rings (SSSR count). The fraction of sp³-hybridized carbons (Fsp3) is 0.500. The van der Waals surface area contributed by atoms with E-state index in [-0.39, 0.29) is 0 Å². The van der Waals surface area contributed by atoms with Crippen molar-refractivity contribution in [3.63, 3.8) is 0 Å². The number of hydrogen-bond donors (Lipinski definition) is 4. The van der Waals surface area contributed by atoms with Crippen LogP contribution in [0.15, 0.2) is 0 Å². The minimum Gasteiger partial charge on any atom is -0.480 e. The van der Waals surface area contributed by atoms with Crippen molar-refractivity contribution in [2.45, 2.75) is 12.5 Å². The lowest BCUT2D eigenvalue weighted by atomic mass is 10.2. The normalized spacial score (nSPS) is 11.9. The van der Waals surface area contributed by atoms with E-state index in [1.165, 1.54) is 0 Å². The van der Waals surface area contributed by atoms with Crippen LogP contribution in [0.3, 0.4) is 0 Å². The molecule has 0 saturated carbocycles. The molecule has 80 valence electrons. The van der Waals surface area contributed by atoms with Gasteiger partial charge in [-0.25, -0.2) is 10.6 Å². The summed E-state index contributed by atoms with van der Waals surface area (Å²) in [6, 6.07) is 0. The Labute approximate surface area is 78.5 Å². The molecule has 0 fully saturated rings. The van der Waals surface area contributed by atoms with Gasteiger partial charge in [0.15, 0.2) is 6.10 Å². The van der Waals surface area contributed by atoms with Gasteiger partial charge >= 0.3 is 11.9 Å². The second kappa shape index (κ2) is 5.14. The summed E-state index contributed by atoms with van der Waals surface area (Å²) in [4.78, 5) is 31.1. The Bertz CT molecular complexity index is 253. The average Bonchev–Trinajstić information content (AvgIpc) is 2.02. The Kier molecular flexibility index (Phi) is 4.53. The minimum absolute atomic E-state index is 0.328. The Hall–Kier alpha value is -1.67. The molecule has 5 N–H and O–H groups in total. The molecule has 0 aliphatic heterocycles. The molecule has 0 unspecified atom stereocenters. The van der Waals surface area contributed by atoms with Crippen LogP contribution in [-0.4, -0.2) is 50.8 Å². The zero-order valence-corrected chi connectivity index (χ0v) is 7.08. The average molecular weight is 206 g/mol. The lowest BCUT2D eigenvalue weighted by Gasteiger charge is -2.14. The summed E-state index contributed by atoms with van der Waals surface area (Å²) in [5.74, 6) is 1.11. The van der Waals surface area contributed by atoms with E-state index in [1.54, 1.807) is 0 Å². The number of aliphatic hydroxyl groups is 1. The van der Waals surface area contributed by atoms with Crippen molar-refractivity contribution in [1.82, 2.24) is 5.01 Å². The van der Waals surface area contributed by atoms with E-state index in [9.17, 15) is 14.4 Å². The number of carboxylic acids is 2. The number of nitrogens with zero attached hydrogens (tertiary/aromatic N) is 1. The van der Waals surface area contributed by atoms with Crippen molar-refractivity contribution in [3.8, 4) is 0 Å². The first kappa shape index (κ1) is 12.3. The molecule has 14 heavy (non-hydrogen) atoms. The van der Waals surface area contributed by atoms with E-state index in [2.05, 4.69) is 0 Å². The van der Waals surface area contributed by atoms with Crippen LogP contribution in [0.1, 0.15) is 6.42 Å². The van der Waals surface area contributed by atoms with Crippen LogP contribution in [0.2, 0.25) is 0 Å². The lowest BCUT2D eigenvalue weighted by molar-refractivity contribution is -0.152. The maximum Gasteiger partial charge on any atom is 0.333 e. The van der Waals surface area contributed by atoms with Crippen molar-refractivity contribution in [1.29, 1.82) is 0 Å². The van der Waals surface area contributed by atoms with Crippen LogP contribution in [0.25, 0.3) is 0 Å². The quantitative estimate of drug-likeness (QED) is 0.223. The van der Waals surface area contributed by atoms with Crippen LogP contribution in [0.5, 0.6) is 0 Å². The van der Waals surface area contributed by atoms with Crippen molar-refractivity contribution in [2.75, 3.05) is 6.54 Å². The molecule has 8 nitrogen and oxygen atoms in total. The summed E-state index contributed by atoms with van der Waals surface area (Å²) < 4.78 is 0. The summed E-state index contributed by atoms with van der Waals surface area (Å²) in [5, 5.41) is 25.5. The van der Waals surface area contributed by atoms with Gasteiger partial charge in [-0.05, 0) is 0 Å². The summed E-state index contributed by atoms with van der Waals surface area (Å²) >= 11 is 0. The molecule has 1 amide bonds. The molecule has 8 heteroatoms. The van der Waals surface area contributed by atoms with Crippen molar-refractivity contribution >= 4 is 17.8 Å². The maximum absolute atomic E-state index is 10.9. The number of aliphatic carboxylic acids is 2. The number of rotatable bonds is 5. The number of hydrazine groups is 1. The third-order valence-electron chi connectivity index (χ3n) is 1.28. The predicted octanol–water partition coefficient (Wildman–Crippen LogP) is -2.39. The number of carboxylic acid groups (broad SMARTS) is 2. The Morgan fingerprint density at radius 1 is 1.29 bits per heavy atom.